The maximum Gasteiger partial charge on any atom is 0.228 e. The summed E-state index contributed by atoms with van der Waals surface area (Å²) in [6.45, 7) is 6.50. The quantitative estimate of drug-likeness (QED) is 0.544. The summed E-state index contributed by atoms with van der Waals surface area (Å²) in [6, 6.07) is 3.28. The molecule has 0 saturated carbocycles. The SMILES string of the molecule is [C-]#[N+]c1ccc(F)cc1O. The lowest BCUT2D eigenvalue weighted by atomic mass is 10.3. The van der Waals surface area contributed by atoms with Gasteiger partial charge in [-0.3, -0.25) is 0 Å². The van der Waals surface area contributed by atoms with Crippen LogP contribution in [0.25, 0.3) is 4.85 Å². The topological polar surface area (TPSA) is 24.6 Å². The Labute approximate surface area is 57.4 Å². The van der Waals surface area contributed by atoms with E-state index in [0.29, 0.717) is 0 Å². The van der Waals surface area contributed by atoms with E-state index in [1.165, 1.54) is 6.07 Å². The summed E-state index contributed by atoms with van der Waals surface area (Å²) in [7, 11) is 0. The molecule has 0 aromatic heterocycles. The van der Waals surface area contributed by atoms with E-state index in [-0.39, 0.29) is 11.4 Å². The number of hydrogen-bond acceptors (Lipinski definition) is 1. The highest BCUT2D eigenvalue weighted by atomic mass is 19.1. The maximum absolute atomic E-state index is 12.2. The van der Waals surface area contributed by atoms with Gasteiger partial charge in [0, 0.05) is 6.07 Å². The lowest BCUT2D eigenvalue weighted by Crippen LogP contribution is -1.70. The Morgan fingerprint density at radius 2 is 2.20 bits per heavy atom. The van der Waals surface area contributed by atoms with Crippen molar-refractivity contribution in [3.8, 4) is 5.75 Å². The van der Waals surface area contributed by atoms with Crippen molar-refractivity contribution in [2.45, 2.75) is 0 Å². The molecule has 0 spiro atoms. The first-order valence-electron chi connectivity index (χ1n) is 2.60. The Kier molecular flexibility index (Phi) is 1.55. The Bertz CT molecular complexity index is 290. The van der Waals surface area contributed by atoms with E-state index < -0.39 is 5.82 Å². The largest absolute Gasteiger partial charge is 0.519 e. The van der Waals surface area contributed by atoms with Crippen LogP contribution in [-0.4, -0.2) is 5.11 Å². The summed E-state index contributed by atoms with van der Waals surface area (Å²) in [6.07, 6.45) is 0. The highest BCUT2D eigenvalue weighted by Gasteiger charge is 1.99. The lowest BCUT2D eigenvalue weighted by Gasteiger charge is -1.92. The summed E-state index contributed by atoms with van der Waals surface area (Å²) in [4.78, 5) is 2.94. The second-order valence-electron chi connectivity index (χ2n) is 1.74. The molecule has 0 saturated heterocycles. The molecule has 1 aromatic carbocycles. The third-order valence-corrected chi connectivity index (χ3v) is 1.06. The van der Waals surface area contributed by atoms with E-state index in [2.05, 4.69) is 4.85 Å². The van der Waals surface area contributed by atoms with Crippen molar-refractivity contribution >= 4 is 5.69 Å². The molecule has 1 N–H and O–H groups in total. The number of rotatable bonds is 0. The van der Waals surface area contributed by atoms with Gasteiger partial charge in [0.1, 0.15) is 11.6 Å². The van der Waals surface area contributed by atoms with Crippen LogP contribution in [0.4, 0.5) is 10.1 Å². The Balaban J connectivity index is 3.23. The molecule has 2 nitrogen and oxygen atoms in total. The van der Waals surface area contributed by atoms with Crippen LogP contribution in [0.15, 0.2) is 18.2 Å². The standard InChI is InChI=1S/C7H4FNO/c1-9-6-3-2-5(8)4-7(6)10/h2-4,10H. The minimum atomic E-state index is -0.537. The zero-order valence-corrected chi connectivity index (χ0v) is 5.00. The molecule has 50 valence electrons. The third kappa shape index (κ3) is 1.06. The first kappa shape index (κ1) is 6.56. The molecular formula is C7H4FNO. The Morgan fingerprint density at radius 3 is 2.70 bits per heavy atom. The van der Waals surface area contributed by atoms with Gasteiger partial charge >= 0.3 is 0 Å². The minimum Gasteiger partial charge on any atom is -0.519 e. The van der Waals surface area contributed by atoms with Crippen LogP contribution in [0.1, 0.15) is 0 Å². The molecule has 0 aliphatic heterocycles. The number of phenolic OH excluding ortho intramolecular Hbond substituents is 1. The zero-order valence-electron chi connectivity index (χ0n) is 5.00. The summed E-state index contributed by atoms with van der Waals surface area (Å²) < 4.78 is 12.2. The highest BCUT2D eigenvalue weighted by molar-refractivity contribution is 5.56. The van der Waals surface area contributed by atoms with Crippen LogP contribution in [0.3, 0.4) is 0 Å². The monoisotopic (exact) mass is 137 g/mol. The van der Waals surface area contributed by atoms with Crippen molar-refractivity contribution in [1.82, 2.24) is 0 Å². The van der Waals surface area contributed by atoms with Crippen LogP contribution >= 0.6 is 0 Å². The van der Waals surface area contributed by atoms with Gasteiger partial charge in [-0.1, -0.05) is 0 Å². The molecule has 3 heteroatoms. The Morgan fingerprint density at radius 1 is 1.50 bits per heavy atom. The molecule has 10 heavy (non-hydrogen) atoms. The van der Waals surface area contributed by atoms with Crippen molar-refractivity contribution in [2.75, 3.05) is 0 Å². The average Bonchev–Trinajstić information content (AvgIpc) is 1.88. The van der Waals surface area contributed by atoms with E-state index in [1.54, 1.807) is 0 Å². The molecular weight excluding hydrogens is 133 g/mol. The van der Waals surface area contributed by atoms with Crippen LogP contribution in [0.5, 0.6) is 5.75 Å². The fraction of sp³-hybridized carbons (Fsp3) is 0. The fourth-order valence-electron chi connectivity index (χ4n) is 0.591. The van der Waals surface area contributed by atoms with Crippen molar-refractivity contribution in [3.05, 3.63) is 35.4 Å². The third-order valence-electron chi connectivity index (χ3n) is 1.06. The first-order valence-corrected chi connectivity index (χ1v) is 2.60. The van der Waals surface area contributed by atoms with Gasteiger partial charge in [-0.05, 0) is 12.1 Å². The van der Waals surface area contributed by atoms with Crippen LogP contribution in [0, 0.1) is 12.4 Å². The maximum atomic E-state index is 12.2. The normalized spacial score (nSPS) is 8.80. The van der Waals surface area contributed by atoms with Crippen molar-refractivity contribution in [1.29, 1.82) is 0 Å². The van der Waals surface area contributed by atoms with Gasteiger partial charge in [0.25, 0.3) is 0 Å². The Hall–Kier alpha value is -1.56. The molecule has 0 unspecified atom stereocenters. The molecule has 0 radical (unpaired) electrons. The molecule has 0 amide bonds. The first-order chi connectivity index (χ1) is 4.74. The van der Waals surface area contributed by atoms with Gasteiger partial charge in [-0.2, -0.15) is 0 Å². The molecule has 0 aliphatic carbocycles. The zero-order chi connectivity index (χ0) is 7.56. The summed E-state index contributed by atoms with van der Waals surface area (Å²) in [5, 5.41) is 8.84. The minimum absolute atomic E-state index is 0.0707. The van der Waals surface area contributed by atoms with E-state index in [1.807, 2.05) is 0 Å². The van der Waals surface area contributed by atoms with Crippen molar-refractivity contribution in [3.63, 3.8) is 0 Å². The molecule has 0 fully saturated rings. The van der Waals surface area contributed by atoms with Crippen LogP contribution in [-0.2, 0) is 0 Å². The average molecular weight is 137 g/mol. The smallest absolute Gasteiger partial charge is 0.228 e. The van der Waals surface area contributed by atoms with Crippen molar-refractivity contribution < 1.29 is 9.50 Å². The predicted molar refractivity (Wildman–Crippen MR) is 34.3 cm³/mol. The van der Waals surface area contributed by atoms with Gasteiger partial charge in [-0.25, -0.2) is 9.24 Å². The molecule has 0 bridgehead atoms. The van der Waals surface area contributed by atoms with E-state index >= 15 is 0 Å². The fourth-order valence-corrected chi connectivity index (χ4v) is 0.591. The molecule has 0 aliphatic rings. The number of nitrogens with zero attached hydrogens (tertiary/aromatic N) is 1. The summed E-state index contributed by atoms with van der Waals surface area (Å²) in [5.41, 5.74) is 0.0707. The van der Waals surface area contributed by atoms with Gasteiger partial charge in [0.15, 0.2) is 0 Å². The second kappa shape index (κ2) is 2.36. The van der Waals surface area contributed by atoms with E-state index in [9.17, 15) is 4.39 Å². The number of phenols is 1. The number of aromatic hydroxyl groups is 1. The van der Waals surface area contributed by atoms with E-state index in [4.69, 9.17) is 11.7 Å². The molecule has 1 rings (SSSR count). The van der Waals surface area contributed by atoms with Crippen molar-refractivity contribution in [2.24, 2.45) is 0 Å². The molecule has 0 atom stereocenters. The molecule has 1 aromatic rings. The molecule has 0 heterocycles. The van der Waals surface area contributed by atoms with Gasteiger partial charge in [0.05, 0.1) is 6.57 Å². The number of halogens is 1. The number of benzene rings is 1. The number of hydrogen-bond donors (Lipinski definition) is 1. The second-order valence-corrected chi connectivity index (χ2v) is 1.74. The van der Waals surface area contributed by atoms with Crippen LogP contribution < -0.4 is 0 Å². The predicted octanol–water partition coefficient (Wildman–Crippen LogP) is 2.08. The lowest BCUT2D eigenvalue weighted by molar-refractivity contribution is 0.472. The van der Waals surface area contributed by atoms with Gasteiger partial charge in [0.2, 0.25) is 5.69 Å². The van der Waals surface area contributed by atoms with Gasteiger partial charge in [-0.15, -0.1) is 0 Å². The summed E-state index contributed by atoms with van der Waals surface area (Å²) in [5.74, 6) is -0.847. The van der Waals surface area contributed by atoms with Gasteiger partial charge < -0.3 is 5.11 Å². The summed E-state index contributed by atoms with van der Waals surface area (Å²) >= 11 is 0. The van der Waals surface area contributed by atoms with E-state index in [0.717, 1.165) is 12.1 Å². The van der Waals surface area contributed by atoms with Crippen LogP contribution in [0.2, 0.25) is 0 Å². The highest BCUT2D eigenvalue weighted by Crippen LogP contribution is 2.25.